The average molecular weight is 389 g/mol. The summed E-state index contributed by atoms with van der Waals surface area (Å²) < 4.78 is 0. The van der Waals surface area contributed by atoms with Gasteiger partial charge in [-0.15, -0.1) is 0 Å². The first-order valence-corrected chi connectivity index (χ1v) is 9.88. The number of hydrogen-bond donors (Lipinski definition) is 2. The third kappa shape index (κ3) is 6.30. The number of anilines is 1. The summed E-state index contributed by atoms with van der Waals surface area (Å²) in [5.74, 6) is 0. The van der Waals surface area contributed by atoms with E-state index in [9.17, 15) is 0 Å². The van der Waals surface area contributed by atoms with Gasteiger partial charge in [-0.1, -0.05) is 80.5 Å². The minimum atomic E-state index is 0.218. The van der Waals surface area contributed by atoms with Crippen LogP contribution in [0.2, 0.25) is 5.02 Å². The van der Waals surface area contributed by atoms with Gasteiger partial charge in [-0.25, -0.2) is 0 Å². The van der Waals surface area contributed by atoms with Crippen molar-refractivity contribution in [2.24, 2.45) is 5.41 Å². The van der Waals surface area contributed by atoms with Crippen molar-refractivity contribution < 1.29 is 0 Å². The van der Waals surface area contributed by atoms with Gasteiger partial charge in [-0.3, -0.25) is 0 Å². The van der Waals surface area contributed by atoms with E-state index < -0.39 is 0 Å². The number of allylic oxidation sites excluding steroid dienone is 6. The van der Waals surface area contributed by atoms with Gasteiger partial charge in [0.2, 0.25) is 0 Å². The Morgan fingerprint density at radius 1 is 1.23 bits per heavy atom. The number of thiocarbonyl (C=S) groups is 1. The fraction of sp³-hybridized carbons (Fsp3) is 0.409. The maximum absolute atomic E-state index is 6.31. The van der Waals surface area contributed by atoms with E-state index in [1.54, 1.807) is 0 Å². The van der Waals surface area contributed by atoms with E-state index in [2.05, 4.69) is 55.7 Å². The van der Waals surface area contributed by atoms with Crippen LogP contribution in [0.25, 0.3) is 0 Å². The molecule has 0 heterocycles. The van der Waals surface area contributed by atoms with E-state index in [0.29, 0.717) is 6.54 Å². The third-order valence-electron chi connectivity index (χ3n) is 4.59. The summed E-state index contributed by atoms with van der Waals surface area (Å²) in [5, 5.41) is 7.16. The maximum Gasteiger partial charge on any atom is 0.0759 e. The lowest BCUT2D eigenvalue weighted by Crippen LogP contribution is -2.20. The molecule has 0 aliphatic heterocycles. The van der Waals surface area contributed by atoms with Crippen molar-refractivity contribution in [3.05, 3.63) is 64.2 Å². The molecular formula is C22H29ClN2S. The van der Waals surface area contributed by atoms with Gasteiger partial charge in [0.05, 0.1) is 4.99 Å². The quantitative estimate of drug-likeness (QED) is 0.548. The van der Waals surface area contributed by atoms with Gasteiger partial charge in [0, 0.05) is 30.7 Å². The Bertz CT molecular complexity index is 739. The van der Waals surface area contributed by atoms with Crippen LogP contribution in [0.5, 0.6) is 0 Å². The molecule has 0 unspecified atom stereocenters. The van der Waals surface area contributed by atoms with Crippen LogP contribution in [-0.4, -0.2) is 12.0 Å². The molecule has 0 radical (unpaired) electrons. The highest BCUT2D eigenvalue weighted by atomic mass is 35.5. The Hall–Kier alpha value is -1.58. The SMILES string of the molecule is CNc1ccc(CNC(=S)CCC2=CC=C(C(C)(C)C)CC=C2)c(Cl)c1. The van der Waals surface area contributed by atoms with Gasteiger partial charge < -0.3 is 10.6 Å². The van der Waals surface area contributed by atoms with Gasteiger partial charge in [-0.05, 0) is 41.5 Å². The molecule has 2 rings (SSSR count). The Labute approximate surface area is 168 Å². The molecule has 0 spiro atoms. The number of hydrogen-bond acceptors (Lipinski definition) is 2. The molecule has 2 N–H and O–H groups in total. The zero-order chi connectivity index (χ0) is 19.2. The molecule has 0 amide bonds. The Morgan fingerprint density at radius 3 is 2.65 bits per heavy atom. The van der Waals surface area contributed by atoms with Crippen LogP contribution < -0.4 is 10.6 Å². The third-order valence-corrected chi connectivity index (χ3v) is 5.29. The average Bonchev–Trinajstić information content (AvgIpc) is 2.84. The van der Waals surface area contributed by atoms with Crippen molar-refractivity contribution in [3.63, 3.8) is 0 Å². The summed E-state index contributed by atoms with van der Waals surface area (Å²) in [6, 6.07) is 5.98. The number of rotatable bonds is 6. The highest BCUT2D eigenvalue weighted by Gasteiger charge is 2.16. The standard InChI is InChI=1S/C22H29ClN2S/c1-22(2,3)18-7-5-6-16(8-11-18)9-13-21(26)25-15-17-10-12-19(24-4)14-20(17)23/h5-6,8,10-12,14,24H,7,9,13,15H2,1-4H3,(H,25,26). The lowest BCUT2D eigenvalue weighted by Gasteiger charge is -2.21. The van der Waals surface area contributed by atoms with Crippen LogP contribution >= 0.6 is 23.8 Å². The molecule has 0 bridgehead atoms. The predicted octanol–water partition coefficient (Wildman–Crippen LogP) is 6.44. The van der Waals surface area contributed by atoms with Crippen LogP contribution in [0, 0.1) is 5.41 Å². The number of nitrogens with one attached hydrogen (secondary N) is 2. The molecule has 0 atom stereocenters. The van der Waals surface area contributed by atoms with Crippen molar-refractivity contribution in [2.75, 3.05) is 12.4 Å². The first-order valence-electron chi connectivity index (χ1n) is 9.09. The largest absolute Gasteiger partial charge is 0.388 e. The molecule has 1 aliphatic rings. The van der Waals surface area contributed by atoms with Gasteiger partial charge in [0.25, 0.3) is 0 Å². The van der Waals surface area contributed by atoms with Crippen molar-refractivity contribution in [1.29, 1.82) is 0 Å². The summed E-state index contributed by atoms with van der Waals surface area (Å²) >= 11 is 11.8. The van der Waals surface area contributed by atoms with E-state index >= 15 is 0 Å². The fourth-order valence-corrected chi connectivity index (χ4v) is 3.20. The molecular weight excluding hydrogens is 360 g/mol. The summed E-state index contributed by atoms with van der Waals surface area (Å²) in [5.41, 5.74) is 5.07. The van der Waals surface area contributed by atoms with Crippen molar-refractivity contribution in [2.45, 2.75) is 46.6 Å². The molecule has 1 aliphatic carbocycles. The molecule has 26 heavy (non-hydrogen) atoms. The zero-order valence-electron chi connectivity index (χ0n) is 16.2. The molecule has 0 aromatic heterocycles. The van der Waals surface area contributed by atoms with Crippen LogP contribution in [0.15, 0.2) is 53.6 Å². The maximum atomic E-state index is 6.31. The number of benzene rings is 1. The molecule has 2 nitrogen and oxygen atoms in total. The predicted molar refractivity (Wildman–Crippen MR) is 119 cm³/mol. The van der Waals surface area contributed by atoms with Crippen molar-refractivity contribution in [1.82, 2.24) is 5.32 Å². The molecule has 4 heteroatoms. The Balaban J connectivity index is 1.85. The number of halogens is 1. The molecule has 1 aromatic rings. The van der Waals surface area contributed by atoms with Crippen molar-refractivity contribution in [3.8, 4) is 0 Å². The summed E-state index contributed by atoms with van der Waals surface area (Å²) in [6.07, 6.45) is 11.8. The lowest BCUT2D eigenvalue weighted by atomic mass is 9.84. The minimum absolute atomic E-state index is 0.218. The highest BCUT2D eigenvalue weighted by molar-refractivity contribution is 7.80. The van der Waals surface area contributed by atoms with Crippen LogP contribution in [-0.2, 0) is 6.54 Å². The molecule has 140 valence electrons. The molecule has 1 aromatic carbocycles. The first kappa shape index (κ1) is 20.7. The van der Waals surface area contributed by atoms with E-state index in [-0.39, 0.29) is 5.41 Å². The van der Waals surface area contributed by atoms with E-state index in [1.165, 1.54) is 11.1 Å². The molecule has 0 saturated carbocycles. The Morgan fingerprint density at radius 2 is 2.00 bits per heavy atom. The highest BCUT2D eigenvalue weighted by Crippen LogP contribution is 2.30. The van der Waals surface area contributed by atoms with E-state index in [0.717, 1.165) is 40.5 Å². The van der Waals surface area contributed by atoms with Crippen LogP contribution in [0.3, 0.4) is 0 Å². The second kappa shape index (κ2) is 9.38. The van der Waals surface area contributed by atoms with Gasteiger partial charge in [-0.2, -0.15) is 0 Å². The monoisotopic (exact) mass is 388 g/mol. The van der Waals surface area contributed by atoms with E-state index in [1.807, 2.05) is 25.2 Å². The van der Waals surface area contributed by atoms with Gasteiger partial charge in [0.15, 0.2) is 0 Å². The van der Waals surface area contributed by atoms with Crippen LogP contribution in [0.1, 0.15) is 45.6 Å². The van der Waals surface area contributed by atoms with Gasteiger partial charge >= 0.3 is 0 Å². The fourth-order valence-electron chi connectivity index (χ4n) is 2.78. The summed E-state index contributed by atoms with van der Waals surface area (Å²) in [4.78, 5) is 0.873. The van der Waals surface area contributed by atoms with Gasteiger partial charge in [0.1, 0.15) is 0 Å². The smallest absolute Gasteiger partial charge is 0.0759 e. The summed E-state index contributed by atoms with van der Waals surface area (Å²) in [6.45, 7) is 7.45. The molecule has 0 saturated heterocycles. The lowest BCUT2D eigenvalue weighted by molar-refractivity contribution is 0.494. The van der Waals surface area contributed by atoms with Crippen molar-refractivity contribution >= 4 is 34.5 Å². The second-order valence-corrected chi connectivity index (χ2v) is 8.52. The molecule has 0 fully saturated rings. The van der Waals surface area contributed by atoms with Crippen LogP contribution in [0.4, 0.5) is 5.69 Å². The zero-order valence-corrected chi connectivity index (χ0v) is 17.7. The second-order valence-electron chi connectivity index (χ2n) is 7.62. The Kier molecular flexibility index (Phi) is 7.48. The summed E-state index contributed by atoms with van der Waals surface area (Å²) in [7, 11) is 1.88. The first-order chi connectivity index (χ1) is 12.3. The van der Waals surface area contributed by atoms with E-state index in [4.69, 9.17) is 23.8 Å². The normalized spacial score (nSPS) is 14.3. The minimum Gasteiger partial charge on any atom is -0.388 e. The topological polar surface area (TPSA) is 24.1 Å².